The van der Waals surface area contributed by atoms with Crippen LogP contribution in [0.5, 0.6) is 0 Å². The average Bonchev–Trinajstić information content (AvgIpc) is 3.52. The van der Waals surface area contributed by atoms with Crippen LogP contribution >= 0.6 is 0 Å². The van der Waals surface area contributed by atoms with Gasteiger partial charge in [0, 0.05) is 17.3 Å². The van der Waals surface area contributed by atoms with E-state index in [9.17, 15) is 29.3 Å². The molecule has 1 N–H and O–H groups in total. The molecule has 0 spiro atoms. The number of rotatable bonds is 6. The van der Waals surface area contributed by atoms with Crippen LogP contribution in [-0.2, 0) is 19.1 Å². The zero-order valence-electron chi connectivity index (χ0n) is 18.9. The zero-order chi connectivity index (χ0) is 24.9. The van der Waals surface area contributed by atoms with E-state index in [1.54, 1.807) is 6.92 Å². The second-order valence-electron chi connectivity index (χ2n) is 9.33. The van der Waals surface area contributed by atoms with Crippen molar-refractivity contribution >= 4 is 40.8 Å². The lowest BCUT2D eigenvalue weighted by Gasteiger charge is -2.19. The van der Waals surface area contributed by atoms with E-state index < -0.39 is 23.4 Å². The van der Waals surface area contributed by atoms with E-state index >= 15 is 0 Å². The molecule has 0 radical (unpaired) electrons. The largest absolute Gasteiger partial charge is 0.452 e. The molecule has 10 heteroatoms. The number of carbonyl (C=O) groups is 4. The van der Waals surface area contributed by atoms with Crippen molar-refractivity contribution in [1.82, 2.24) is 0 Å². The van der Waals surface area contributed by atoms with E-state index in [-0.39, 0.29) is 52.4 Å². The van der Waals surface area contributed by atoms with Crippen LogP contribution in [-0.4, -0.2) is 35.2 Å². The summed E-state index contributed by atoms with van der Waals surface area (Å²) in [4.78, 5) is 62.1. The number of aryl methyl sites for hydroxylation is 1. The summed E-state index contributed by atoms with van der Waals surface area (Å²) in [6.07, 6.45) is 2.95. The molecule has 2 bridgehead atoms. The number of carbonyl (C=O) groups excluding carboxylic acids is 4. The summed E-state index contributed by atoms with van der Waals surface area (Å²) in [7, 11) is 0. The Balaban J connectivity index is 1.19. The molecule has 2 aromatic rings. The van der Waals surface area contributed by atoms with Gasteiger partial charge in [0.15, 0.2) is 6.61 Å². The van der Waals surface area contributed by atoms with Gasteiger partial charge in [-0.15, -0.1) is 0 Å². The molecule has 1 saturated heterocycles. The van der Waals surface area contributed by atoms with Crippen LogP contribution in [0.3, 0.4) is 0 Å². The third kappa shape index (κ3) is 3.94. The fourth-order valence-corrected chi connectivity index (χ4v) is 5.71. The normalized spacial score (nSPS) is 24.4. The van der Waals surface area contributed by atoms with Gasteiger partial charge in [-0.1, -0.05) is 6.07 Å². The average molecular weight is 477 g/mol. The second-order valence-corrected chi connectivity index (χ2v) is 9.33. The highest BCUT2D eigenvalue weighted by molar-refractivity contribution is 6.22. The molecule has 35 heavy (non-hydrogen) atoms. The molecule has 2 saturated carbocycles. The van der Waals surface area contributed by atoms with Crippen molar-refractivity contribution in [3.63, 3.8) is 0 Å². The van der Waals surface area contributed by atoms with E-state index in [4.69, 9.17) is 4.74 Å². The summed E-state index contributed by atoms with van der Waals surface area (Å²) in [5, 5.41) is 13.5. The highest BCUT2D eigenvalue weighted by Crippen LogP contribution is 2.56. The number of benzene rings is 2. The number of hydrogen-bond acceptors (Lipinski definition) is 7. The van der Waals surface area contributed by atoms with E-state index in [2.05, 4.69) is 5.32 Å². The van der Waals surface area contributed by atoms with Crippen LogP contribution in [0.25, 0.3) is 0 Å². The van der Waals surface area contributed by atoms with Crippen molar-refractivity contribution in [3.05, 3.63) is 63.7 Å². The molecule has 1 heterocycles. The van der Waals surface area contributed by atoms with Gasteiger partial charge in [-0.25, -0.2) is 4.79 Å². The molecule has 3 aliphatic rings. The molecule has 2 aromatic carbocycles. The van der Waals surface area contributed by atoms with Crippen molar-refractivity contribution in [2.45, 2.75) is 26.2 Å². The van der Waals surface area contributed by atoms with Gasteiger partial charge in [0.1, 0.15) is 0 Å². The Morgan fingerprint density at radius 1 is 1.06 bits per heavy atom. The van der Waals surface area contributed by atoms with Crippen LogP contribution in [0.4, 0.5) is 17.1 Å². The van der Waals surface area contributed by atoms with Crippen LogP contribution in [0.15, 0.2) is 42.5 Å². The summed E-state index contributed by atoms with van der Waals surface area (Å²) >= 11 is 0. The predicted octanol–water partition coefficient (Wildman–Crippen LogP) is 3.23. The standard InChI is InChI=1S/C25H23N3O7/c1-13-2-7-17(11-19(13)28(33)34)26-20(29)12-35-25(32)14-5-8-18(9-6-14)27-23(30)21-15-3-4-16(10-15)22(21)24(27)31/h2,5-9,11,15-16,21-22H,3-4,10,12H2,1H3,(H,26,29)/t15-,16-,21+,22+/m0/s1. The number of nitrogens with zero attached hydrogens (tertiary/aromatic N) is 2. The molecule has 4 atom stereocenters. The molecule has 1 aliphatic heterocycles. The summed E-state index contributed by atoms with van der Waals surface area (Å²) < 4.78 is 5.04. The van der Waals surface area contributed by atoms with Crippen molar-refractivity contribution < 1.29 is 28.8 Å². The molecule has 2 aliphatic carbocycles. The number of esters is 1. The molecule has 0 aromatic heterocycles. The Morgan fingerprint density at radius 3 is 2.29 bits per heavy atom. The van der Waals surface area contributed by atoms with Crippen molar-refractivity contribution in [2.75, 3.05) is 16.8 Å². The Bertz CT molecular complexity index is 1230. The first-order valence-corrected chi connectivity index (χ1v) is 11.4. The van der Waals surface area contributed by atoms with Gasteiger partial charge in [-0.05, 0) is 68.4 Å². The predicted molar refractivity (Wildman–Crippen MR) is 123 cm³/mol. The minimum Gasteiger partial charge on any atom is -0.452 e. The SMILES string of the molecule is Cc1ccc(NC(=O)COC(=O)c2ccc(N3C(=O)[C@@H]4[C@H]5CC[C@@H](C5)[C@H]4C3=O)cc2)cc1[N+](=O)[O-]. The highest BCUT2D eigenvalue weighted by atomic mass is 16.6. The smallest absolute Gasteiger partial charge is 0.338 e. The maximum Gasteiger partial charge on any atom is 0.338 e. The number of nitro groups is 1. The van der Waals surface area contributed by atoms with E-state index in [1.165, 1.54) is 47.4 Å². The van der Waals surface area contributed by atoms with Crippen molar-refractivity contribution in [2.24, 2.45) is 23.7 Å². The van der Waals surface area contributed by atoms with E-state index in [0.29, 0.717) is 11.3 Å². The van der Waals surface area contributed by atoms with Gasteiger partial charge in [0.25, 0.3) is 11.6 Å². The molecular weight excluding hydrogens is 454 g/mol. The van der Waals surface area contributed by atoms with Crippen LogP contribution in [0.2, 0.25) is 0 Å². The third-order valence-corrected chi connectivity index (χ3v) is 7.31. The summed E-state index contributed by atoms with van der Waals surface area (Å²) in [5.41, 5.74) is 1.11. The van der Waals surface area contributed by atoms with Crippen LogP contribution in [0, 0.1) is 40.7 Å². The van der Waals surface area contributed by atoms with Gasteiger partial charge >= 0.3 is 5.97 Å². The lowest BCUT2D eigenvalue weighted by molar-refractivity contribution is -0.385. The number of amides is 3. The zero-order valence-corrected chi connectivity index (χ0v) is 18.9. The molecule has 0 unspecified atom stereocenters. The van der Waals surface area contributed by atoms with Gasteiger partial charge in [-0.3, -0.25) is 29.4 Å². The van der Waals surface area contributed by atoms with E-state index in [1.807, 2.05) is 0 Å². The number of imide groups is 1. The van der Waals surface area contributed by atoms with Crippen molar-refractivity contribution in [1.29, 1.82) is 0 Å². The minimum atomic E-state index is -0.754. The number of fused-ring (bicyclic) bond motifs is 5. The Labute approximate surface area is 200 Å². The quantitative estimate of drug-likeness (QED) is 0.292. The number of nitrogens with one attached hydrogen (secondary N) is 1. The molecule has 5 rings (SSSR count). The third-order valence-electron chi connectivity index (χ3n) is 7.31. The molecule has 3 fully saturated rings. The van der Waals surface area contributed by atoms with E-state index in [0.717, 1.165) is 19.3 Å². The first-order valence-electron chi connectivity index (χ1n) is 11.4. The van der Waals surface area contributed by atoms with Gasteiger partial charge in [0.05, 0.1) is 28.0 Å². The fourth-order valence-electron chi connectivity index (χ4n) is 5.71. The second kappa shape index (κ2) is 8.61. The summed E-state index contributed by atoms with van der Waals surface area (Å²) in [5.74, 6) is -1.58. The molecule has 3 amide bonds. The summed E-state index contributed by atoms with van der Waals surface area (Å²) in [6.45, 7) is 0.999. The Morgan fingerprint density at radius 2 is 1.69 bits per heavy atom. The maximum absolute atomic E-state index is 12.9. The van der Waals surface area contributed by atoms with Crippen molar-refractivity contribution in [3.8, 4) is 0 Å². The lowest BCUT2D eigenvalue weighted by Crippen LogP contribution is -2.32. The molecular formula is C25H23N3O7. The number of hydrogen-bond donors (Lipinski definition) is 1. The van der Waals surface area contributed by atoms with Gasteiger partial charge in [0.2, 0.25) is 11.8 Å². The Kier molecular flexibility index (Phi) is 5.58. The number of ether oxygens (including phenoxy) is 1. The van der Waals surface area contributed by atoms with Crippen LogP contribution < -0.4 is 10.2 Å². The first-order chi connectivity index (χ1) is 16.7. The monoisotopic (exact) mass is 477 g/mol. The summed E-state index contributed by atoms with van der Waals surface area (Å²) in [6, 6.07) is 10.2. The van der Waals surface area contributed by atoms with Gasteiger partial charge < -0.3 is 10.1 Å². The molecule has 10 nitrogen and oxygen atoms in total. The topological polar surface area (TPSA) is 136 Å². The van der Waals surface area contributed by atoms with Gasteiger partial charge in [-0.2, -0.15) is 0 Å². The fraction of sp³-hybridized carbons (Fsp3) is 0.360. The lowest BCUT2D eigenvalue weighted by atomic mass is 9.81. The Hall–Kier alpha value is -4.08. The molecule has 180 valence electrons. The van der Waals surface area contributed by atoms with Crippen LogP contribution in [0.1, 0.15) is 35.2 Å². The number of anilines is 2. The first kappa shape index (κ1) is 22.7. The maximum atomic E-state index is 12.9. The highest BCUT2D eigenvalue weighted by Gasteiger charge is 2.61. The number of nitro benzene ring substituents is 1. The minimum absolute atomic E-state index is 0.133.